The first-order chi connectivity index (χ1) is 8.90. The van der Waals surface area contributed by atoms with Gasteiger partial charge in [0.15, 0.2) is 0 Å². The summed E-state index contributed by atoms with van der Waals surface area (Å²) in [5.74, 6) is 0.770. The van der Waals surface area contributed by atoms with Gasteiger partial charge in [-0.15, -0.1) is 0 Å². The molecule has 0 bridgehead atoms. The number of anilines is 1. The number of hydrogen-bond acceptors (Lipinski definition) is 4. The van der Waals surface area contributed by atoms with Gasteiger partial charge in [-0.1, -0.05) is 6.92 Å². The molecule has 2 aromatic rings. The van der Waals surface area contributed by atoms with Crippen LogP contribution in [0.3, 0.4) is 0 Å². The lowest BCUT2D eigenvalue weighted by molar-refractivity contribution is 0.589. The van der Waals surface area contributed by atoms with E-state index in [-0.39, 0.29) is 5.75 Å². The van der Waals surface area contributed by atoms with E-state index in [1.54, 1.807) is 12.1 Å². The monoisotopic (exact) mass is 282 g/mol. The number of primary sulfonamides is 1. The summed E-state index contributed by atoms with van der Waals surface area (Å²) in [6.07, 6.45) is 1.73. The SMILES string of the molecule is CCCc1nc2cc(N)ccc2n1CCS(N)(=O)=O. The van der Waals surface area contributed by atoms with E-state index in [0.29, 0.717) is 12.2 Å². The summed E-state index contributed by atoms with van der Waals surface area (Å²) in [6.45, 7) is 2.37. The molecule has 1 aromatic carbocycles. The van der Waals surface area contributed by atoms with Gasteiger partial charge in [-0.25, -0.2) is 18.5 Å². The minimum Gasteiger partial charge on any atom is -0.399 e. The number of benzene rings is 1. The Morgan fingerprint density at radius 1 is 1.37 bits per heavy atom. The molecule has 0 aliphatic rings. The summed E-state index contributed by atoms with van der Waals surface area (Å²) in [6, 6.07) is 5.44. The first-order valence-electron chi connectivity index (χ1n) is 6.16. The molecule has 4 N–H and O–H groups in total. The lowest BCUT2D eigenvalue weighted by Crippen LogP contribution is -2.21. The molecule has 0 aliphatic heterocycles. The molecule has 0 aliphatic carbocycles. The van der Waals surface area contributed by atoms with Gasteiger partial charge in [0.25, 0.3) is 0 Å². The molecule has 0 amide bonds. The van der Waals surface area contributed by atoms with Crippen LogP contribution in [-0.2, 0) is 23.0 Å². The molecule has 0 atom stereocenters. The van der Waals surface area contributed by atoms with E-state index in [2.05, 4.69) is 11.9 Å². The van der Waals surface area contributed by atoms with Crippen LogP contribution in [0.25, 0.3) is 11.0 Å². The molecular formula is C12H18N4O2S. The summed E-state index contributed by atoms with van der Waals surface area (Å²) >= 11 is 0. The number of fused-ring (bicyclic) bond motifs is 1. The maximum Gasteiger partial charge on any atom is 0.210 e. The number of imidazole rings is 1. The summed E-state index contributed by atoms with van der Waals surface area (Å²) < 4.78 is 24.1. The molecule has 104 valence electrons. The summed E-state index contributed by atoms with van der Waals surface area (Å²) in [4.78, 5) is 4.51. The van der Waals surface area contributed by atoms with E-state index >= 15 is 0 Å². The number of sulfonamides is 1. The van der Waals surface area contributed by atoms with Gasteiger partial charge in [0.1, 0.15) is 5.82 Å². The van der Waals surface area contributed by atoms with Crippen molar-refractivity contribution in [1.82, 2.24) is 9.55 Å². The van der Waals surface area contributed by atoms with Gasteiger partial charge in [0.2, 0.25) is 10.0 Å². The number of aromatic nitrogens is 2. The van der Waals surface area contributed by atoms with Crippen LogP contribution in [0.1, 0.15) is 19.2 Å². The Morgan fingerprint density at radius 2 is 2.11 bits per heavy atom. The van der Waals surface area contributed by atoms with Gasteiger partial charge >= 0.3 is 0 Å². The second kappa shape index (κ2) is 5.18. The molecule has 0 fully saturated rings. The zero-order chi connectivity index (χ0) is 14.0. The summed E-state index contributed by atoms with van der Waals surface area (Å²) in [5.41, 5.74) is 8.06. The van der Waals surface area contributed by atoms with Crippen molar-refractivity contribution in [3.8, 4) is 0 Å². The second-order valence-electron chi connectivity index (χ2n) is 4.54. The highest BCUT2D eigenvalue weighted by atomic mass is 32.2. The number of nitrogens with two attached hydrogens (primary N) is 2. The quantitative estimate of drug-likeness (QED) is 0.793. The number of rotatable bonds is 5. The fourth-order valence-corrected chi connectivity index (χ4v) is 2.52. The van der Waals surface area contributed by atoms with Gasteiger partial charge < -0.3 is 10.3 Å². The molecule has 6 nitrogen and oxygen atoms in total. The maximum atomic E-state index is 11.1. The molecule has 7 heteroatoms. The largest absolute Gasteiger partial charge is 0.399 e. The third-order valence-corrected chi connectivity index (χ3v) is 3.68. The minimum atomic E-state index is -3.48. The fraction of sp³-hybridized carbons (Fsp3) is 0.417. The molecule has 0 radical (unpaired) electrons. The van der Waals surface area contributed by atoms with E-state index in [0.717, 1.165) is 29.7 Å². The molecule has 1 aromatic heterocycles. The van der Waals surface area contributed by atoms with Crippen molar-refractivity contribution in [3.63, 3.8) is 0 Å². The zero-order valence-electron chi connectivity index (χ0n) is 10.8. The van der Waals surface area contributed by atoms with Crippen molar-refractivity contribution < 1.29 is 8.42 Å². The molecule has 0 spiro atoms. The summed E-state index contributed by atoms with van der Waals surface area (Å²) in [7, 11) is -3.48. The van der Waals surface area contributed by atoms with Crippen LogP contribution in [0.2, 0.25) is 0 Å². The standard InChI is InChI=1S/C12H18N4O2S/c1-2-3-12-15-10-8-9(13)4-5-11(10)16(12)6-7-19(14,17)18/h4-5,8H,2-3,6-7,13H2,1H3,(H2,14,17,18). The molecule has 1 heterocycles. The van der Waals surface area contributed by atoms with Gasteiger partial charge in [-0.05, 0) is 24.6 Å². The number of aryl methyl sites for hydroxylation is 2. The van der Waals surface area contributed by atoms with Crippen LogP contribution < -0.4 is 10.9 Å². The first kappa shape index (κ1) is 13.8. The van der Waals surface area contributed by atoms with E-state index in [1.807, 2.05) is 10.6 Å². The van der Waals surface area contributed by atoms with Crippen molar-refractivity contribution in [2.24, 2.45) is 5.14 Å². The molecule has 0 unspecified atom stereocenters. The fourth-order valence-electron chi connectivity index (χ4n) is 2.08. The van der Waals surface area contributed by atoms with Crippen LogP contribution in [-0.4, -0.2) is 23.7 Å². The predicted molar refractivity (Wildman–Crippen MR) is 76.1 cm³/mol. The Bertz CT molecular complexity index is 691. The smallest absolute Gasteiger partial charge is 0.210 e. The Balaban J connectivity index is 2.45. The van der Waals surface area contributed by atoms with Crippen LogP contribution in [0.5, 0.6) is 0 Å². The number of hydrogen-bond donors (Lipinski definition) is 2. The number of nitrogen functional groups attached to an aromatic ring is 1. The van der Waals surface area contributed by atoms with Crippen LogP contribution in [0.15, 0.2) is 18.2 Å². The topological polar surface area (TPSA) is 104 Å². The van der Waals surface area contributed by atoms with E-state index in [9.17, 15) is 8.42 Å². The van der Waals surface area contributed by atoms with Crippen molar-refractivity contribution >= 4 is 26.7 Å². The average Bonchev–Trinajstić information content (AvgIpc) is 2.62. The highest BCUT2D eigenvalue weighted by molar-refractivity contribution is 7.89. The second-order valence-corrected chi connectivity index (χ2v) is 6.28. The average molecular weight is 282 g/mol. The van der Waals surface area contributed by atoms with Crippen LogP contribution in [0, 0.1) is 0 Å². The maximum absolute atomic E-state index is 11.1. The number of nitrogens with zero attached hydrogens (tertiary/aromatic N) is 2. The predicted octanol–water partition coefficient (Wildman–Crippen LogP) is 0.860. The van der Waals surface area contributed by atoms with Crippen molar-refractivity contribution in [1.29, 1.82) is 0 Å². The Labute approximate surface area is 112 Å². The highest BCUT2D eigenvalue weighted by Crippen LogP contribution is 2.20. The minimum absolute atomic E-state index is 0.0977. The van der Waals surface area contributed by atoms with Gasteiger partial charge in [-0.2, -0.15) is 0 Å². The zero-order valence-corrected chi connectivity index (χ0v) is 11.7. The van der Waals surface area contributed by atoms with E-state index < -0.39 is 10.0 Å². The van der Waals surface area contributed by atoms with Crippen molar-refractivity contribution in [2.45, 2.75) is 26.3 Å². The molecule has 2 rings (SSSR count). The summed E-state index contributed by atoms with van der Waals surface area (Å²) in [5, 5.41) is 5.06. The normalized spacial score (nSPS) is 12.1. The third kappa shape index (κ3) is 3.24. The van der Waals surface area contributed by atoms with E-state index in [1.165, 1.54) is 0 Å². The lowest BCUT2D eigenvalue weighted by Gasteiger charge is -2.07. The van der Waals surface area contributed by atoms with Gasteiger partial charge in [0.05, 0.1) is 16.8 Å². The van der Waals surface area contributed by atoms with Crippen molar-refractivity contribution in [2.75, 3.05) is 11.5 Å². The Hall–Kier alpha value is -1.60. The Kier molecular flexibility index (Phi) is 3.77. The Morgan fingerprint density at radius 3 is 2.74 bits per heavy atom. The molecule has 0 saturated heterocycles. The van der Waals surface area contributed by atoms with Crippen LogP contribution >= 0.6 is 0 Å². The third-order valence-electron chi connectivity index (χ3n) is 2.92. The first-order valence-corrected chi connectivity index (χ1v) is 7.87. The molecule has 0 saturated carbocycles. The molecule has 19 heavy (non-hydrogen) atoms. The molecular weight excluding hydrogens is 264 g/mol. The van der Waals surface area contributed by atoms with E-state index in [4.69, 9.17) is 10.9 Å². The van der Waals surface area contributed by atoms with Gasteiger partial charge in [0, 0.05) is 18.7 Å². The van der Waals surface area contributed by atoms with Crippen molar-refractivity contribution in [3.05, 3.63) is 24.0 Å². The lowest BCUT2D eigenvalue weighted by atomic mass is 10.3. The van der Waals surface area contributed by atoms with Gasteiger partial charge in [-0.3, -0.25) is 0 Å². The highest BCUT2D eigenvalue weighted by Gasteiger charge is 2.12. The van der Waals surface area contributed by atoms with Crippen LogP contribution in [0.4, 0.5) is 5.69 Å².